The Labute approximate surface area is 189 Å². The van der Waals surface area contributed by atoms with Gasteiger partial charge in [-0.25, -0.2) is 9.78 Å². The first-order valence-corrected chi connectivity index (χ1v) is 10.2. The highest BCUT2D eigenvalue weighted by Gasteiger charge is 2.18. The molecule has 1 aromatic carbocycles. The van der Waals surface area contributed by atoms with E-state index in [2.05, 4.69) is 30.9 Å². The third kappa shape index (κ3) is 5.70. The summed E-state index contributed by atoms with van der Waals surface area (Å²) in [6.45, 7) is 3.59. The van der Waals surface area contributed by atoms with Crippen LogP contribution in [0.2, 0.25) is 0 Å². The number of carbonyl (C=O) groups excluding carboxylic acids is 2. The number of hydrogen-bond donors (Lipinski definition) is 3. The van der Waals surface area contributed by atoms with Crippen molar-refractivity contribution >= 4 is 23.1 Å². The smallest absolute Gasteiger partial charge is 0.343 e. The number of ether oxygens (including phenoxy) is 2. The number of H-pyrrole nitrogens is 1. The van der Waals surface area contributed by atoms with E-state index in [1.54, 1.807) is 30.5 Å². The fourth-order valence-corrected chi connectivity index (χ4v) is 3.08. The number of hydrogen-bond acceptors (Lipinski definition) is 10. The first-order chi connectivity index (χ1) is 15.9. The van der Waals surface area contributed by atoms with Crippen LogP contribution in [0, 0.1) is 0 Å². The predicted octanol–water partition coefficient (Wildman–Crippen LogP) is 2.66. The van der Waals surface area contributed by atoms with E-state index >= 15 is 0 Å². The Morgan fingerprint density at radius 2 is 2.09 bits per heavy atom. The summed E-state index contributed by atoms with van der Waals surface area (Å²) < 4.78 is 10.7. The van der Waals surface area contributed by atoms with Crippen molar-refractivity contribution in [3.63, 3.8) is 0 Å². The van der Waals surface area contributed by atoms with E-state index in [1.807, 2.05) is 6.92 Å². The number of esters is 1. The standard InChI is InChI=1S/C22H24N6O5/c1-4-5-16-18(7-6-15(13(2)29)20(16)30)33-12-14-8-9-23-19(10-14)24-11-17(22(31)32-3)21-25-27-28-26-21/h6-11,30H,4-5,12H2,1-3H3,(H,23,24)(H,25,26,27,28). The molecule has 0 saturated heterocycles. The van der Waals surface area contributed by atoms with Gasteiger partial charge in [0.25, 0.3) is 0 Å². The number of phenols is 1. The number of rotatable bonds is 10. The van der Waals surface area contributed by atoms with Gasteiger partial charge in [0.2, 0.25) is 5.82 Å². The number of aromatic nitrogens is 5. The van der Waals surface area contributed by atoms with Crippen LogP contribution in [0.25, 0.3) is 5.57 Å². The minimum Gasteiger partial charge on any atom is -0.507 e. The Morgan fingerprint density at radius 3 is 2.76 bits per heavy atom. The van der Waals surface area contributed by atoms with Gasteiger partial charge < -0.3 is 19.9 Å². The van der Waals surface area contributed by atoms with E-state index in [1.165, 1.54) is 20.2 Å². The average molecular weight is 452 g/mol. The van der Waals surface area contributed by atoms with Gasteiger partial charge in [-0.05, 0) is 48.4 Å². The number of anilines is 1. The summed E-state index contributed by atoms with van der Waals surface area (Å²) in [7, 11) is 1.25. The molecule has 0 aliphatic rings. The molecule has 0 unspecified atom stereocenters. The maximum Gasteiger partial charge on any atom is 0.343 e. The SMILES string of the molecule is CCCc1c(OCc2ccnc(NC=C(C(=O)OC)c3nn[nH]n3)c2)ccc(C(C)=O)c1O. The van der Waals surface area contributed by atoms with Gasteiger partial charge in [-0.2, -0.15) is 5.21 Å². The molecule has 0 radical (unpaired) electrons. The molecule has 2 heterocycles. The van der Waals surface area contributed by atoms with Crippen LogP contribution in [0.15, 0.2) is 36.7 Å². The second-order valence-corrected chi connectivity index (χ2v) is 7.01. The molecule has 0 amide bonds. The fourth-order valence-electron chi connectivity index (χ4n) is 3.08. The lowest BCUT2D eigenvalue weighted by atomic mass is 10.0. The van der Waals surface area contributed by atoms with Crippen molar-refractivity contribution in [3.8, 4) is 11.5 Å². The second-order valence-electron chi connectivity index (χ2n) is 7.01. The number of methoxy groups -OCH3 is 1. The molecule has 0 saturated carbocycles. The molecule has 172 valence electrons. The third-order valence-electron chi connectivity index (χ3n) is 4.69. The van der Waals surface area contributed by atoms with Gasteiger partial charge in [-0.3, -0.25) is 4.79 Å². The molecule has 2 aromatic heterocycles. The zero-order chi connectivity index (χ0) is 23.8. The number of ketones is 1. The summed E-state index contributed by atoms with van der Waals surface area (Å²) in [6, 6.07) is 6.77. The topological polar surface area (TPSA) is 152 Å². The van der Waals surface area contributed by atoms with E-state index in [9.17, 15) is 14.7 Å². The monoisotopic (exact) mass is 452 g/mol. The number of carbonyl (C=O) groups is 2. The summed E-state index contributed by atoms with van der Waals surface area (Å²) in [4.78, 5) is 28.0. The van der Waals surface area contributed by atoms with Crippen LogP contribution in [-0.4, -0.2) is 49.6 Å². The van der Waals surface area contributed by atoms with Crippen LogP contribution in [0.4, 0.5) is 5.82 Å². The summed E-state index contributed by atoms with van der Waals surface area (Å²) >= 11 is 0. The first kappa shape index (κ1) is 23.4. The lowest BCUT2D eigenvalue weighted by Gasteiger charge is -2.15. The number of aromatic hydroxyl groups is 1. The van der Waals surface area contributed by atoms with Crippen molar-refractivity contribution in [2.24, 2.45) is 0 Å². The average Bonchev–Trinajstić information content (AvgIpc) is 3.34. The number of pyridine rings is 1. The van der Waals surface area contributed by atoms with Crippen LogP contribution in [0.1, 0.15) is 47.6 Å². The van der Waals surface area contributed by atoms with Crippen LogP contribution in [-0.2, 0) is 22.6 Å². The van der Waals surface area contributed by atoms with Gasteiger partial charge in [0.1, 0.15) is 29.5 Å². The molecule has 0 bridgehead atoms. The molecule has 0 fully saturated rings. The molecule has 3 N–H and O–H groups in total. The molecule has 33 heavy (non-hydrogen) atoms. The Balaban J connectivity index is 1.76. The molecular weight excluding hydrogens is 428 g/mol. The number of Topliss-reactive ketones (excluding diaryl/α,β-unsaturated/α-hetero) is 1. The van der Waals surface area contributed by atoms with Crippen LogP contribution < -0.4 is 10.1 Å². The van der Waals surface area contributed by atoms with E-state index in [0.717, 1.165) is 12.0 Å². The Kier molecular flexibility index (Phi) is 7.68. The quantitative estimate of drug-likeness (QED) is 0.238. The minimum absolute atomic E-state index is 0.0409. The van der Waals surface area contributed by atoms with Gasteiger partial charge in [0, 0.05) is 18.0 Å². The van der Waals surface area contributed by atoms with Gasteiger partial charge in [0.15, 0.2) is 5.78 Å². The molecular formula is C22H24N6O5. The summed E-state index contributed by atoms with van der Waals surface area (Å²) in [5.41, 5.74) is 1.73. The largest absolute Gasteiger partial charge is 0.507 e. The van der Waals surface area contributed by atoms with Crippen molar-refractivity contribution < 1.29 is 24.2 Å². The molecule has 0 aliphatic carbocycles. The molecule has 0 atom stereocenters. The number of nitrogens with zero attached hydrogens (tertiary/aromatic N) is 4. The molecule has 0 spiro atoms. The first-order valence-electron chi connectivity index (χ1n) is 10.2. The minimum atomic E-state index is -0.638. The van der Waals surface area contributed by atoms with Gasteiger partial charge >= 0.3 is 5.97 Å². The highest BCUT2D eigenvalue weighted by molar-refractivity contribution is 6.15. The maximum atomic E-state index is 12.0. The molecule has 3 rings (SSSR count). The van der Waals surface area contributed by atoms with E-state index in [4.69, 9.17) is 9.47 Å². The van der Waals surface area contributed by atoms with Crippen LogP contribution >= 0.6 is 0 Å². The lowest BCUT2D eigenvalue weighted by Crippen LogP contribution is -2.08. The number of tetrazole rings is 1. The highest BCUT2D eigenvalue weighted by atomic mass is 16.5. The Morgan fingerprint density at radius 1 is 1.27 bits per heavy atom. The predicted molar refractivity (Wildman–Crippen MR) is 118 cm³/mol. The molecule has 0 aliphatic heterocycles. The summed E-state index contributed by atoms with van der Waals surface area (Å²) in [5, 5.41) is 26.7. The van der Waals surface area contributed by atoms with Crippen LogP contribution in [0.3, 0.4) is 0 Å². The normalized spacial score (nSPS) is 11.2. The number of phenolic OH excluding ortho intramolecular Hbond substituents is 1. The van der Waals surface area contributed by atoms with Crippen molar-refractivity contribution in [1.29, 1.82) is 0 Å². The van der Waals surface area contributed by atoms with E-state index in [-0.39, 0.29) is 35.1 Å². The van der Waals surface area contributed by atoms with Crippen molar-refractivity contribution in [3.05, 3.63) is 59.2 Å². The van der Waals surface area contributed by atoms with Crippen molar-refractivity contribution in [1.82, 2.24) is 25.6 Å². The van der Waals surface area contributed by atoms with Gasteiger partial charge in [-0.1, -0.05) is 13.3 Å². The third-order valence-corrected chi connectivity index (χ3v) is 4.69. The number of aromatic amines is 1. The molecule has 3 aromatic rings. The van der Waals surface area contributed by atoms with Gasteiger partial charge in [0.05, 0.1) is 12.7 Å². The van der Waals surface area contributed by atoms with Crippen molar-refractivity contribution in [2.75, 3.05) is 12.4 Å². The summed E-state index contributed by atoms with van der Waals surface area (Å²) in [6.07, 6.45) is 4.32. The molecule has 11 heteroatoms. The van der Waals surface area contributed by atoms with E-state index in [0.29, 0.717) is 23.6 Å². The Bertz CT molecular complexity index is 1160. The van der Waals surface area contributed by atoms with Crippen LogP contribution in [0.5, 0.6) is 11.5 Å². The van der Waals surface area contributed by atoms with E-state index < -0.39 is 5.97 Å². The van der Waals surface area contributed by atoms with Crippen molar-refractivity contribution in [2.45, 2.75) is 33.3 Å². The maximum absolute atomic E-state index is 12.0. The second kappa shape index (κ2) is 10.8. The number of benzene rings is 1. The molecule has 11 nitrogen and oxygen atoms in total. The Hall–Kier alpha value is -4.28. The lowest BCUT2D eigenvalue weighted by molar-refractivity contribution is -0.133. The fraction of sp³-hybridized carbons (Fsp3) is 0.273. The van der Waals surface area contributed by atoms with Gasteiger partial charge in [-0.15, -0.1) is 10.2 Å². The number of nitrogens with one attached hydrogen (secondary N) is 2. The zero-order valence-corrected chi connectivity index (χ0v) is 18.5. The zero-order valence-electron chi connectivity index (χ0n) is 18.5. The highest BCUT2D eigenvalue weighted by Crippen LogP contribution is 2.33. The summed E-state index contributed by atoms with van der Waals surface area (Å²) in [5.74, 6) is 0.147.